The van der Waals surface area contributed by atoms with Crippen molar-refractivity contribution in [3.8, 4) is 0 Å². The molecule has 0 unspecified atom stereocenters. The lowest BCUT2D eigenvalue weighted by Crippen LogP contribution is -2.11. The number of alkyl halides is 2. The van der Waals surface area contributed by atoms with Crippen molar-refractivity contribution in [2.45, 2.75) is 13.3 Å². The molecular weight excluding hydrogens is 318 g/mol. The molecule has 0 atom stereocenters. The lowest BCUT2D eigenvalue weighted by atomic mass is 10.2. The summed E-state index contributed by atoms with van der Waals surface area (Å²) in [6, 6.07) is 0. The SMILES string of the molecule is CCOC(=O)c1ncc(C(F)F)c([N+](=O)[O-])c1Br. The Morgan fingerprint density at radius 2 is 2.28 bits per heavy atom. The molecule has 98 valence electrons. The molecule has 0 aromatic carbocycles. The van der Waals surface area contributed by atoms with Gasteiger partial charge in [0, 0.05) is 6.20 Å². The Morgan fingerprint density at radius 1 is 1.67 bits per heavy atom. The predicted octanol–water partition coefficient (Wildman–Crippen LogP) is 2.87. The van der Waals surface area contributed by atoms with Gasteiger partial charge in [-0.05, 0) is 22.9 Å². The maximum absolute atomic E-state index is 12.6. The average Bonchev–Trinajstić information content (AvgIpc) is 2.27. The third-order valence-electron chi connectivity index (χ3n) is 1.91. The van der Waals surface area contributed by atoms with Crippen LogP contribution in [0.3, 0.4) is 0 Å². The van der Waals surface area contributed by atoms with E-state index < -0.39 is 38.7 Å². The van der Waals surface area contributed by atoms with Gasteiger partial charge in [-0.3, -0.25) is 10.1 Å². The Morgan fingerprint density at radius 3 is 2.72 bits per heavy atom. The minimum absolute atomic E-state index is 0.0390. The van der Waals surface area contributed by atoms with Gasteiger partial charge in [0.05, 0.1) is 11.5 Å². The van der Waals surface area contributed by atoms with E-state index >= 15 is 0 Å². The molecule has 9 heteroatoms. The van der Waals surface area contributed by atoms with Gasteiger partial charge in [0.1, 0.15) is 10.0 Å². The number of carbonyl (C=O) groups is 1. The number of ether oxygens (including phenoxy) is 1. The fraction of sp³-hybridized carbons (Fsp3) is 0.333. The molecule has 0 fully saturated rings. The van der Waals surface area contributed by atoms with E-state index in [4.69, 9.17) is 0 Å². The first-order chi connectivity index (χ1) is 8.40. The van der Waals surface area contributed by atoms with Crippen LogP contribution in [0.4, 0.5) is 14.5 Å². The highest BCUT2D eigenvalue weighted by Crippen LogP contribution is 2.36. The second-order valence-corrected chi connectivity index (χ2v) is 3.80. The van der Waals surface area contributed by atoms with Crippen molar-refractivity contribution >= 4 is 27.6 Å². The standard InChI is InChI=1S/C9H7BrF2N2O4/c1-2-18-9(15)6-5(10)7(14(16)17)4(3-13-6)8(11)12/h3,8H,2H2,1H3. The normalized spacial score (nSPS) is 10.5. The number of hydrogen-bond acceptors (Lipinski definition) is 5. The molecule has 0 amide bonds. The molecule has 0 radical (unpaired) electrons. The fourth-order valence-electron chi connectivity index (χ4n) is 1.18. The summed E-state index contributed by atoms with van der Waals surface area (Å²) in [5, 5.41) is 10.7. The molecule has 1 rings (SSSR count). The molecule has 1 heterocycles. The van der Waals surface area contributed by atoms with Gasteiger partial charge in [-0.15, -0.1) is 0 Å². The molecule has 0 aliphatic heterocycles. The number of nitro groups is 1. The zero-order chi connectivity index (χ0) is 13.9. The molecule has 0 aliphatic rings. The monoisotopic (exact) mass is 324 g/mol. The van der Waals surface area contributed by atoms with Crippen LogP contribution in [0.5, 0.6) is 0 Å². The van der Waals surface area contributed by atoms with Gasteiger partial charge in [-0.1, -0.05) is 0 Å². The number of pyridine rings is 1. The number of halogens is 3. The molecular formula is C9H7BrF2N2O4. The quantitative estimate of drug-likeness (QED) is 0.483. The summed E-state index contributed by atoms with van der Waals surface area (Å²) in [6.45, 7) is 1.57. The van der Waals surface area contributed by atoms with Crippen molar-refractivity contribution in [3.63, 3.8) is 0 Å². The van der Waals surface area contributed by atoms with Gasteiger partial charge in [-0.2, -0.15) is 0 Å². The van der Waals surface area contributed by atoms with E-state index in [2.05, 4.69) is 25.7 Å². The Balaban J connectivity index is 3.39. The summed E-state index contributed by atoms with van der Waals surface area (Å²) in [4.78, 5) is 24.6. The van der Waals surface area contributed by atoms with Crippen molar-refractivity contribution in [2.75, 3.05) is 6.61 Å². The minimum atomic E-state index is -3.06. The first-order valence-electron chi connectivity index (χ1n) is 4.68. The van der Waals surface area contributed by atoms with Gasteiger partial charge in [-0.25, -0.2) is 18.6 Å². The molecule has 1 aromatic heterocycles. The van der Waals surface area contributed by atoms with Crippen LogP contribution in [0, 0.1) is 10.1 Å². The van der Waals surface area contributed by atoms with Crippen LogP contribution < -0.4 is 0 Å². The van der Waals surface area contributed by atoms with E-state index in [9.17, 15) is 23.7 Å². The second kappa shape index (κ2) is 5.80. The van der Waals surface area contributed by atoms with Crippen LogP contribution in [0.15, 0.2) is 10.7 Å². The lowest BCUT2D eigenvalue weighted by molar-refractivity contribution is -0.387. The average molecular weight is 325 g/mol. The Kier molecular flexibility index (Phi) is 4.65. The van der Waals surface area contributed by atoms with Crippen molar-refractivity contribution in [2.24, 2.45) is 0 Å². The predicted molar refractivity (Wildman–Crippen MR) is 59.5 cm³/mol. The van der Waals surface area contributed by atoms with Crippen LogP contribution in [-0.2, 0) is 4.74 Å². The van der Waals surface area contributed by atoms with E-state index in [1.165, 1.54) is 6.92 Å². The second-order valence-electron chi connectivity index (χ2n) is 3.00. The molecule has 6 nitrogen and oxygen atoms in total. The maximum atomic E-state index is 12.6. The zero-order valence-electron chi connectivity index (χ0n) is 9.02. The number of rotatable bonds is 4. The van der Waals surface area contributed by atoms with Gasteiger partial charge >= 0.3 is 5.97 Å². The van der Waals surface area contributed by atoms with Crippen LogP contribution >= 0.6 is 15.9 Å². The number of nitrogens with zero attached hydrogens (tertiary/aromatic N) is 2. The molecule has 0 aliphatic carbocycles. The highest BCUT2D eigenvalue weighted by atomic mass is 79.9. The molecule has 0 saturated heterocycles. The Labute approximate surface area is 108 Å². The van der Waals surface area contributed by atoms with E-state index in [0.29, 0.717) is 6.20 Å². The first kappa shape index (κ1) is 14.4. The minimum Gasteiger partial charge on any atom is -0.461 e. The molecule has 0 bridgehead atoms. The third-order valence-corrected chi connectivity index (χ3v) is 2.66. The fourth-order valence-corrected chi connectivity index (χ4v) is 1.82. The summed E-state index contributed by atoms with van der Waals surface area (Å²) < 4.78 is 29.3. The van der Waals surface area contributed by atoms with Crippen molar-refractivity contribution in [1.29, 1.82) is 0 Å². The van der Waals surface area contributed by atoms with E-state index in [-0.39, 0.29) is 6.61 Å². The molecule has 18 heavy (non-hydrogen) atoms. The lowest BCUT2D eigenvalue weighted by Gasteiger charge is -2.07. The van der Waals surface area contributed by atoms with Crippen molar-refractivity contribution in [3.05, 3.63) is 32.0 Å². The van der Waals surface area contributed by atoms with E-state index in [1.807, 2.05) is 0 Å². The van der Waals surface area contributed by atoms with Crippen LogP contribution in [0.2, 0.25) is 0 Å². The van der Waals surface area contributed by atoms with E-state index in [1.54, 1.807) is 0 Å². The van der Waals surface area contributed by atoms with Crippen molar-refractivity contribution in [1.82, 2.24) is 4.98 Å². The topological polar surface area (TPSA) is 82.3 Å². The number of esters is 1. The summed E-state index contributed by atoms with van der Waals surface area (Å²) in [5.41, 5.74) is -2.16. The Hall–Kier alpha value is -1.64. The molecule has 0 saturated carbocycles. The summed E-state index contributed by atoms with van der Waals surface area (Å²) >= 11 is 2.73. The maximum Gasteiger partial charge on any atom is 0.358 e. The number of aromatic nitrogens is 1. The van der Waals surface area contributed by atoms with Gasteiger partial charge in [0.2, 0.25) is 0 Å². The smallest absolute Gasteiger partial charge is 0.358 e. The molecule has 0 spiro atoms. The first-order valence-corrected chi connectivity index (χ1v) is 5.47. The highest BCUT2D eigenvalue weighted by Gasteiger charge is 2.30. The summed E-state index contributed by atoms with van der Waals surface area (Å²) in [6.07, 6.45) is -2.47. The van der Waals surface area contributed by atoms with Gasteiger partial charge in [0.25, 0.3) is 12.1 Å². The van der Waals surface area contributed by atoms with Gasteiger partial charge < -0.3 is 4.74 Å². The van der Waals surface area contributed by atoms with Crippen LogP contribution in [0.1, 0.15) is 29.4 Å². The highest BCUT2D eigenvalue weighted by molar-refractivity contribution is 9.10. The Bertz CT molecular complexity index is 496. The summed E-state index contributed by atoms with van der Waals surface area (Å²) in [7, 11) is 0. The molecule has 0 N–H and O–H groups in total. The third kappa shape index (κ3) is 2.78. The van der Waals surface area contributed by atoms with E-state index in [0.717, 1.165) is 0 Å². The largest absolute Gasteiger partial charge is 0.461 e. The zero-order valence-corrected chi connectivity index (χ0v) is 10.6. The van der Waals surface area contributed by atoms with Crippen LogP contribution in [0.25, 0.3) is 0 Å². The van der Waals surface area contributed by atoms with Crippen LogP contribution in [-0.4, -0.2) is 22.5 Å². The van der Waals surface area contributed by atoms with Gasteiger partial charge in [0.15, 0.2) is 5.69 Å². The number of hydrogen-bond donors (Lipinski definition) is 0. The molecule has 1 aromatic rings. The van der Waals surface area contributed by atoms with Crippen molar-refractivity contribution < 1.29 is 23.2 Å². The number of carbonyl (C=O) groups excluding carboxylic acids is 1. The summed E-state index contributed by atoms with van der Waals surface area (Å²) in [5.74, 6) is -0.923.